The molecule has 0 aliphatic carbocycles. The van der Waals surface area contributed by atoms with Crippen molar-refractivity contribution in [2.45, 2.75) is 19.6 Å². The fourth-order valence-electron chi connectivity index (χ4n) is 7.49. The molecule has 0 spiro atoms. The van der Waals surface area contributed by atoms with E-state index in [1.807, 2.05) is 0 Å². The van der Waals surface area contributed by atoms with E-state index in [-0.39, 0.29) is 144 Å². The summed E-state index contributed by atoms with van der Waals surface area (Å²) in [5.74, 6) is 0. The molecule has 2 aliphatic rings. The molecule has 0 saturated heterocycles. The maximum Gasteiger partial charge on any atom is 3.00 e. The Hall–Kier alpha value is -3.24. The first-order chi connectivity index (χ1) is 32.4. The molecule has 5 heterocycles. The Morgan fingerprint density at radius 1 is 0.333 bits per heavy atom. The topological polar surface area (TPSA) is 203 Å². The Labute approximate surface area is 451 Å². The summed E-state index contributed by atoms with van der Waals surface area (Å²) in [4.78, 5) is 20.3. The second-order valence-corrected chi connectivity index (χ2v) is 21.2. The Kier molecular flexibility index (Phi) is 15.6. The number of aromatic nitrogens is 4. The van der Waals surface area contributed by atoms with E-state index in [0.717, 1.165) is 0 Å². The molecule has 0 saturated carbocycles. The molecule has 0 amide bonds. The van der Waals surface area contributed by atoms with Gasteiger partial charge < -0.3 is 28.2 Å². The van der Waals surface area contributed by atoms with Gasteiger partial charge in [-0.3, -0.25) is 0 Å². The maximum atomic E-state index is 12.1. The minimum absolute atomic E-state index is 0. The normalized spacial score (nSPS) is 14.4. The molecule has 0 fully saturated rings. The van der Waals surface area contributed by atoms with E-state index in [4.69, 9.17) is 113 Å². The molecule has 4 aromatic carbocycles. The van der Waals surface area contributed by atoms with Crippen LogP contribution in [0, 0.1) is 0 Å². The van der Waals surface area contributed by atoms with Crippen LogP contribution in [0.5, 0.6) is 0 Å². The van der Waals surface area contributed by atoms with Crippen LogP contribution in [0.2, 0.25) is 20.1 Å². The molecule has 350 valence electrons. The average Bonchev–Trinajstić information content (AvgIpc) is 3.98. The Balaban J connectivity index is 0.00000642. The molecule has 4 unspecified atom stereocenters. The smallest absolute Gasteiger partial charge is 0.654 e. The Morgan fingerprint density at radius 2 is 0.507 bits per heavy atom. The van der Waals surface area contributed by atoms with Gasteiger partial charge in [-0.15, -0.1) is 22.1 Å². The van der Waals surface area contributed by atoms with Gasteiger partial charge in [-0.05, 0) is 93.0 Å². The van der Waals surface area contributed by atoms with Gasteiger partial charge in [0.2, 0.25) is 0 Å². The Bertz CT molecular complexity index is 3200. The van der Waals surface area contributed by atoms with Crippen molar-refractivity contribution in [2.24, 2.45) is 0 Å². The molecule has 25 heteroatoms. The predicted molar refractivity (Wildman–Crippen MR) is 274 cm³/mol. The number of hydrogen-bond donors (Lipinski definition) is 4. The first-order valence-corrected chi connectivity index (χ1v) is 26.3. The molecule has 4 N–H and O–H groups in total. The van der Waals surface area contributed by atoms with E-state index in [1.54, 1.807) is 0 Å². The van der Waals surface area contributed by atoms with E-state index < -0.39 is 44.3 Å². The maximum absolute atomic E-state index is 12.1. The van der Waals surface area contributed by atoms with E-state index in [9.17, 15) is 35.0 Å². The van der Waals surface area contributed by atoms with Gasteiger partial charge in [0.1, 0.15) is 0 Å². The Morgan fingerprint density at radius 3 is 0.667 bits per heavy atom. The zero-order valence-corrected chi connectivity index (χ0v) is 44.0. The summed E-state index contributed by atoms with van der Waals surface area (Å²) < 4.78 is 88.1. The summed E-state index contributed by atoms with van der Waals surface area (Å²) >= 11 is 48.2. The fraction of sp³-hybridized carbons (Fsp3) is 0. The van der Waals surface area contributed by atoms with Crippen LogP contribution in [0.3, 0.4) is 0 Å². The zero-order chi connectivity index (χ0) is 48.6. The molecule has 7 aromatic rings. The molecule has 3 aromatic heterocycles. The number of rotatable bonds is 8. The standard InChI is InChI=1S/C44H20Cl8N4O8S4.Mn/c45-29-31(47)39-26(18-3-11-22(12-4-18)66(59)60)41-33(49)35(51)43(55-41)28(20-7-15-24(16-8-20)68(63)64)44-36(52)34(50)42(56-44)27(19-5-13-23(14-6-19)67(61)62)40-32(48)30(46)38(54-40)25(37(29)53-39)17-1-9-21(10-2-17)65(57)58;/h1-16H,(H,57,58)(H,59,60)(H,61,62)(H,63,64);/q-2;+3. The predicted octanol–water partition coefficient (Wildman–Crippen LogP) is 13.8. The SMILES string of the molecule is O=S(O)c1ccc(-c2c3nc(c(-c4ccc(S(=O)O)cc4)c4[n-]c(c(Cl)c4Cl)c(-c4ccc(S(=O)O)cc4)c4nc(c(-c5ccc(S(=O)O)cc5)c5[n-]c2c(Cl)c5Cl)C(Cl)=C4Cl)C(Cl)=C3Cl)cc1.[Mn+3]. The molecule has 69 heavy (non-hydrogen) atoms. The number of fused-ring (bicyclic) bond motifs is 8. The van der Waals surface area contributed by atoms with E-state index >= 15 is 0 Å². The average molecular weight is 1200 g/mol. The minimum Gasteiger partial charge on any atom is -0.654 e. The van der Waals surface area contributed by atoms with Crippen molar-refractivity contribution in [1.82, 2.24) is 19.9 Å². The largest absolute Gasteiger partial charge is 3.00 e. The van der Waals surface area contributed by atoms with Gasteiger partial charge in [-0.1, -0.05) is 141 Å². The third-order valence-corrected chi connectivity index (χ3v) is 16.6. The summed E-state index contributed by atoms with van der Waals surface area (Å²) in [6.07, 6.45) is 0. The fourth-order valence-corrected chi connectivity index (χ4v) is 10.8. The summed E-state index contributed by atoms with van der Waals surface area (Å²) in [6.45, 7) is 0. The summed E-state index contributed by atoms with van der Waals surface area (Å²) in [7, 11) is 0. The third-order valence-electron chi connectivity index (χ3n) is 10.6. The molecule has 12 nitrogen and oxygen atoms in total. The van der Waals surface area contributed by atoms with Crippen molar-refractivity contribution >= 4 is 179 Å². The van der Waals surface area contributed by atoms with Crippen LogP contribution in [0.4, 0.5) is 0 Å². The molecular weight excluding hydrogens is 1180 g/mol. The first kappa shape index (κ1) is 52.1. The van der Waals surface area contributed by atoms with Crippen LogP contribution < -0.4 is 9.97 Å². The number of nitrogens with zero attached hydrogens (tertiary/aromatic N) is 4. The number of benzene rings is 4. The van der Waals surface area contributed by atoms with Gasteiger partial charge in [-0.25, -0.2) is 26.8 Å². The number of hydrogen-bond acceptors (Lipinski definition) is 6. The molecule has 4 atom stereocenters. The second kappa shape index (κ2) is 20.7. The van der Waals surface area contributed by atoms with Crippen LogP contribution in [0.1, 0.15) is 22.8 Å². The van der Waals surface area contributed by atoms with Gasteiger partial charge in [0, 0.05) is 20.1 Å². The van der Waals surface area contributed by atoms with Gasteiger partial charge in [0.15, 0.2) is 44.3 Å². The zero-order valence-electron chi connectivity index (χ0n) is 33.5. The van der Waals surface area contributed by atoms with Crippen LogP contribution in [-0.2, 0) is 61.4 Å². The monoisotopic (exact) mass is 1190 g/mol. The van der Waals surface area contributed by atoms with E-state index in [1.165, 1.54) is 97.1 Å². The van der Waals surface area contributed by atoms with Gasteiger partial charge >= 0.3 is 17.1 Å². The first-order valence-electron chi connectivity index (χ1n) is 18.8. The van der Waals surface area contributed by atoms with E-state index in [2.05, 4.69) is 0 Å². The second-order valence-electron chi connectivity index (χ2n) is 14.3. The molecule has 8 bridgehead atoms. The third kappa shape index (κ3) is 9.40. The summed E-state index contributed by atoms with van der Waals surface area (Å²) in [6, 6.07) is 23.2. The van der Waals surface area contributed by atoms with Crippen molar-refractivity contribution in [1.29, 1.82) is 0 Å². The van der Waals surface area contributed by atoms with Gasteiger partial charge in [0.05, 0.1) is 62.5 Å². The minimum atomic E-state index is -2.37. The number of halogens is 8. The van der Waals surface area contributed by atoms with Crippen molar-refractivity contribution < 1.29 is 52.1 Å². The van der Waals surface area contributed by atoms with Crippen molar-refractivity contribution in [3.63, 3.8) is 0 Å². The van der Waals surface area contributed by atoms with Crippen LogP contribution in [0.15, 0.2) is 117 Å². The summed E-state index contributed by atoms with van der Waals surface area (Å²) in [5.41, 5.74) is 1.66. The summed E-state index contributed by atoms with van der Waals surface area (Å²) in [5, 5.41) is -1.04. The quantitative estimate of drug-likeness (QED) is 0.0829. The molecular formula is C44H20Cl8MnN4O8S4+. The molecule has 2 aliphatic heterocycles. The molecule has 0 radical (unpaired) electrons. The van der Waals surface area contributed by atoms with Crippen molar-refractivity contribution in [2.75, 3.05) is 0 Å². The van der Waals surface area contributed by atoms with Crippen LogP contribution in [0.25, 0.3) is 86.7 Å². The molecule has 9 rings (SSSR count). The van der Waals surface area contributed by atoms with Crippen LogP contribution >= 0.6 is 92.8 Å². The van der Waals surface area contributed by atoms with Gasteiger partial charge in [-0.2, -0.15) is 0 Å². The van der Waals surface area contributed by atoms with Crippen molar-refractivity contribution in [3.05, 3.63) is 140 Å². The van der Waals surface area contributed by atoms with E-state index in [0.29, 0.717) is 22.3 Å². The van der Waals surface area contributed by atoms with Crippen molar-refractivity contribution in [3.8, 4) is 44.5 Å². The van der Waals surface area contributed by atoms with Crippen LogP contribution in [-0.4, -0.2) is 45.0 Å². The van der Waals surface area contributed by atoms with Gasteiger partial charge in [0.25, 0.3) is 0 Å².